The van der Waals surface area contributed by atoms with Gasteiger partial charge in [-0.05, 0) is 70.5 Å². The van der Waals surface area contributed by atoms with Gasteiger partial charge in [-0.1, -0.05) is 12.8 Å². The summed E-state index contributed by atoms with van der Waals surface area (Å²) >= 11 is 0. The molecule has 45 heavy (non-hydrogen) atoms. The molecule has 0 heterocycles. The zero-order valence-corrected chi connectivity index (χ0v) is 26.8. The topological polar surface area (TPSA) is 123 Å². The lowest BCUT2D eigenvalue weighted by atomic mass is 10.0. The molecule has 0 spiro atoms. The number of rotatable bonds is 27. The van der Waals surface area contributed by atoms with Gasteiger partial charge < -0.3 is 30.0 Å². The van der Waals surface area contributed by atoms with Crippen LogP contribution in [-0.2, 0) is 9.59 Å². The van der Waals surface area contributed by atoms with Crippen LogP contribution in [0.15, 0.2) is 12.1 Å². The number of Topliss-reactive ketones (excluding diaryl/α,β-unsaturated/α-hetero) is 1. The van der Waals surface area contributed by atoms with E-state index >= 15 is 0 Å². The Morgan fingerprint density at radius 3 is 1.76 bits per heavy atom. The number of carbonyl (C=O) groups is 3. The summed E-state index contributed by atoms with van der Waals surface area (Å²) in [6.45, 7) is 1.71. The van der Waals surface area contributed by atoms with Gasteiger partial charge in [-0.15, -0.1) is 37.0 Å². The monoisotopic (exact) mass is 622 g/mol. The number of carboxylic acids is 1. The second kappa shape index (κ2) is 25.2. The summed E-state index contributed by atoms with van der Waals surface area (Å²) in [7, 11) is 1.59. The molecule has 1 atom stereocenters. The van der Waals surface area contributed by atoms with Crippen LogP contribution in [-0.4, -0.2) is 62.2 Å². The summed E-state index contributed by atoms with van der Waals surface area (Å²) < 4.78 is 18.3. The van der Waals surface area contributed by atoms with Crippen molar-refractivity contribution in [2.75, 3.05) is 33.4 Å². The van der Waals surface area contributed by atoms with Crippen molar-refractivity contribution in [3.8, 4) is 54.3 Å². The minimum atomic E-state index is -1.01. The lowest BCUT2D eigenvalue weighted by Crippen LogP contribution is -2.36. The van der Waals surface area contributed by atoms with Crippen molar-refractivity contribution in [3.63, 3.8) is 0 Å². The number of terminal acetylenes is 3. The normalized spacial score (nSPS) is 11.0. The molecule has 0 radical (unpaired) electrons. The SMILES string of the molecule is C#CCCCCOc1cc(C(=O)NCCCCCCC(=O)[C@H](CC(=O)O)NC)cc(OCCCCC#C)c1OCCCCC#C. The Hall–Kier alpha value is -4.13. The first-order valence-corrected chi connectivity index (χ1v) is 15.9. The molecule has 3 N–H and O–H groups in total. The molecule has 0 aliphatic rings. The molecule has 0 saturated heterocycles. The molecule has 9 nitrogen and oxygen atoms in total. The largest absolute Gasteiger partial charge is 0.490 e. The zero-order chi connectivity index (χ0) is 33.1. The number of carbonyl (C=O) groups excluding carboxylic acids is 2. The maximum Gasteiger partial charge on any atom is 0.305 e. The quantitative estimate of drug-likeness (QED) is 0.0863. The van der Waals surface area contributed by atoms with Crippen LogP contribution in [0, 0.1) is 37.0 Å². The molecule has 0 bridgehead atoms. The number of ether oxygens (including phenoxy) is 3. The van der Waals surface area contributed by atoms with Crippen LogP contribution in [0.4, 0.5) is 0 Å². The molecule has 0 aliphatic heterocycles. The van der Waals surface area contributed by atoms with E-state index in [9.17, 15) is 14.4 Å². The van der Waals surface area contributed by atoms with E-state index in [1.54, 1.807) is 19.2 Å². The fraction of sp³-hybridized carbons (Fsp3) is 0.583. The number of hydrogen-bond acceptors (Lipinski definition) is 7. The van der Waals surface area contributed by atoms with Gasteiger partial charge in [0.2, 0.25) is 5.75 Å². The van der Waals surface area contributed by atoms with Crippen molar-refractivity contribution < 1.29 is 33.7 Å². The van der Waals surface area contributed by atoms with E-state index in [0.29, 0.717) is 81.3 Å². The van der Waals surface area contributed by atoms with E-state index in [0.717, 1.165) is 57.8 Å². The van der Waals surface area contributed by atoms with Gasteiger partial charge >= 0.3 is 5.97 Å². The highest BCUT2D eigenvalue weighted by atomic mass is 16.5. The second-order valence-electron chi connectivity index (χ2n) is 10.7. The van der Waals surface area contributed by atoms with Crippen molar-refractivity contribution in [2.24, 2.45) is 0 Å². The van der Waals surface area contributed by atoms with Crippen LogP contribution in [0.1, 0.15) is 107 Å². The molecular weight excluding hydrogens is 572 g/mol. The molecule has 1 amide bonds. The number of amides is 1. The Morgan fingerprint density at radius 2 is 1.27 bits per heavy atom. The van der Waals surface area contributed by atoms with Crippen LogP contribution in [0.2, 0.25) is 0 Å². The molecule has 1 aromatic carbocycles. The molecule has 246 valence electrons. The predicted octanol–water partition coefficient (Wildman–Crippen LogP) is 5.55. The Balaban J connectivity index is 2.86. The maximum absolute atomic E-state index is 13.2. The fourth-order valence-corrected chi connectivity index (χ4v) is 4.40. The highest BCUT2D eigenvalue weighted by Gasteiger charge is 2.20. The van der Waals surface area contributed by atoms with Crippen LogP contribution in [0.25, 0.3) is 0 Å². The standard InChI is InChI=1S/C36H50N2O7/c1-5-8-11-18-23-43-32-26-29(27-33(44-24-19-12-9-6-2)35(32)45-25-20-13-10-7-3)36(42)38-22-17-15-14-16-21-31(39)30(37-4)28-34(40)41/h1-3,26-27,30,37H,8-25,28H2,4H3,(H,38,42)(H,40,41)/t30-/m0/s1. The highest BCUT2D eigenvalue weighted by Crippen LogP contribution is 2.39. The maximum atomic E-state index is 13.2. The number of hydrogen-bond donors (Lipinski definition) is 3. The smallest absolute Gasteiger partial charge is 0.305 e. The Labute approximate surface area is 269 Å². The van der Waals surface area contributed by atoms with E-state index in [4.69, 9.17) is 38.6 Å². The van der Waals surface area contributed by atoms with Gasteiger partial charge in [0.25, 0.3) is 5.91 Å². The molecule has 1 rings (SSSR count). The summed E-state index contributed by atoms with van der Waals surface area (Å²) in [6, 6.07) is 2.69. The third-order valence-electron chi connectivity index (χ3n) is 6.94. The van der Waals surface area contributed by atoms with Gasteiger partial charge in [-0.2, -0.15) is 0 Å². The number of aliphatic carboxylic acids is 1. The zero-order valence-electron chi connectivity index (χ0n) is 26.8. The third kappa shape index (κ3) is 17.7. The van der Waals surface area contributed by atoms with Crippen LogP contribution >= 0.6 is 0 Å². The summed E-state index contributed by atoms with van der Waals surface area (Å²) in [5.41, 5.74) is 0.397. The van der Waals surface area contributed by atoms with E-state index < -0.39 is 12.0 Å². The summed E-state index contributed by atoms with van der Waals surface area (Å²) in [5, 5.41) is 14.7. The molecular formula is C36H50N2O7. The molecule has 1 aromatic rings. The molecule has 0 saturated carbocycles. The molecule has 0 unspecified atom stereocenters. The van der Waals surface area contributed by atoms with Crippen molar-refractivity contribution in [2.45, 2.75) is 102 Å². The fourth-order valence-electron chi connectivity index (χ4n) is 4.40. The number of nitrogens with one attached hydrogen (secondary N) is 2. The van der Waals surface area contributed by atoms with Crippen molar-refractivity contribution in [1.82, 2.24) is 10.6 Å². The van der Waals surface area contributed by atoms with Crippen LogP contribution < -0.4 is 24.8 Å². The van der Waals surface area contributed by atoms with Crippen molar-refractivity contribution >= 4 is 17.7 Å². The first-order valence-electron chi connectivity index (χ1n) is 15.9. The minimum absolute atomic E-state index is 0.101. The first-order chi connectivity index (χ1) is 21.9. The minimum Gasteiger partial charge on any atom is -0.490 e. The van der Waals surface area contributed by atoms with E-state index in [-0.39, 0.29) is 18.1 Å². The number of ketones is 1. The lowest BCUT2D eigenvalue weighted by molar-refractivity contribution is -0.139. The van der Waals surface area contributed by atoms with Crippen LogP contribution in [0.3, 0.4) is 0 Å². The molecule has 0 aromatic heterocycles. The van der Waals surface area contributed by atoms with Crippen molar-refractivity contribution in [3.05, 3.63) is 17.7 Å². The third-order valence-corrected chi connectivity index (χ3v) is 6.94. The highest BCUT2D eigenvalue weighted by molar-refractivity contribution is 5.95. The second-order valence-corrected chi connectivity index (χ2v) is 10.7. The van der Waals surface area contributed by atoms with Crippen molar-refractivity contribution in [1.29, 1.82) is 0 Å². The van der Waals surface area contributed by atoms with Crippen LogP contribution in [0.5, 0.6) is 17.2 Å². The average molecular weight is 623 g/mol. The van der Waals surface area contributed by atoms with Gasteiger partial charge in [-0.25, -0.2) is 0 Å². The molecule has 0 fully saturated rings. The van der Waals surface area contributed by atoms with Gasteiger partial charge in [0.15, 0.2) is 11.5 Å². The Morgan fingerprint density at radius 1 is 0.756 bits per heavy atom. The van der Waals surface area contributed by atoms with E-state index in [1.807, 2.05) is 0 Å². The molecule has 0 aliphatic carbocycles. The summed E-state index contributed by atoms with van der Waals surface area (Å²) in [5.74, 6) is 7.86. The van der Waals surface area contributed by atoms with E-state index in [1.165, 1.54) is 0 Å². The average Bonchev–Trinajstić information content (AvgIpc) is 3.03. The summed E-state index contributed by atoms with van der Waals surface area (Å²) in [4.78, 5) is 36.3. The van der Waals surface area contributed by atoms with Gasteiger partial charge in [-0.3, -0.25) is 14.4 Å². The summed E-state index contributed by atoms with van der Waals surface area (Å²) in [6.07, 6.45) is 26.0. The molecule has 9 heteroatoms. The van der Waals surface area contributed by atoms with Gasteiger partial charge in [0, 0.05) is 37.8 Å². The lowest BCUT2D eigenvalue weighted by Gasteiger charge is -2.19. The van der Waals surface area contributed by atoms with Gasteiger partial charge in [0.1, 0.15) is 5.78 Å². The van der Waals surface area contributed by atoms with Gasteiger partial charge in [0.05, 0.1) is 32.3 Å². The van der Waals surface area contributed by atoms with E-state index in [2.05, 4.69) is 28.4 Å². The Bertz CT molecular complexity index is 1110. The number of likely N-dealkylation sites (N-methyl/N-ethyl adjacent to an activating group) is 1. The number of carboxylic acid groups (broad SMARTS) is 1. The first kappa shape index (κ1) is 38.9. The number of benzene rings is 1. The Kier molecular flexibility index (Phi) is 21.8. The predicted molar refractivity (Wildman–Crippen MR) is 177 cm³/mol. The number of unbranched alkanes of at least 4 members (excludes halogenated alkanes) is 9.